The third kappa shape index (κ3) is 1.94. The molecule has 1 atom stereocenters. The van der Waals surface area contributed by atoms with Gasteiger partial charge in [-0.3, -0.25) is 0 Å². The Balaban J connectivity index is 2.27. The number of fused-ring (bicyclic) bond motifs is 1. The summed E-state index contributed by atoms with van der Waals surface area (Å²) in [7, 11) is 1.32. The summed E-state index contributed by atoms with van der Waals surface area (Å²) in [5.74, 6) is 0.586. The molecule has 1 aromatic rings. The first kappa shape index (κ1) is 10.8. The SMILES string of the molecule is COC(=O)c1ccc2c(c1)O[C@@H](CO)CO2. The number of rotatable bonds is 2. The van der Waals surface area contributed by atoms with Crippen molar-refractivity contribution in [1.82, 2.24) is 0 Å². The second-order valence-electron chi connectivity index (χ2n) is 3.39. The summed E-state index contributed by atoms with van der Waals surface area (Å²) in [6.45, 7) is 0.183. The van der Waals surface area contributed by atoms with Crippen molar-refractivity contribution in [2.75, 3.05) is 20.3 Å². The maximum atomic E-state index is 11.3. The number of benzene rings is 1. The smallest absolute Gasteiger partial charge is 0.337 e. The third-order valence-electron chi connectivity index (χ3n) is 2.29. The lowest BCUT2D eigenvalue weighted by Gasteiger charge is -2.25. The molecule has 0 spiro atoms. The molecule has 5 heteroatoms. The lowest BCUT2D eigenvalue weighted by Crippen LogP contribution is -2.32. The normalized spacial score (nSPS) is 18.0. The molecular formula is C11H12O5. The van der Waals surface area contributed by atoms with Crippen molar-refractivity contribution in [2.24, 2.45) is 0 Å². The molecular weight excluding hydrogens is 212 g/mol. The number of ether oxygens (including phenoxy) is 3. The highest BCUT2D eigenvalue weighted by molar-refractivity contribution is 5.90. The number of esters is 1. The molecule has 0 aliphatic carbocycles. The molecule has 5 nitrogen and oxygen atoms in total. The Morgan fingerprint density at radius 2 is 2.38 bits per heavy atom. The van der Waals surface area contributed by atoms with Crippen molar-refractivity contribution in [3.63, 3.8) is 0 Å². The van der Waals surface area contributed by atoms with Crippen LogP contribution in [-0.2, 0) is 4.74 Å². The van der Waals surface area contributed by atoms with Gasteiger partial charge in [0.1, 0.15) is 6.61 Å². The predicted octanol–water partition coefficient (Wildman–Crippen LogP) is 0.605. The molecule has 86 valence electrons. The monoisotopic (exact) mass is 224 g/mol. The maximum absolute atomic E-state index is 11.3. The molecule has 1 aliphatic heterocycles. The largest absolute Gasteiger partial charge is 0.486 e. The Labute approximate surface area is 92.5 Å². The van der Waals surface area contributed by atoms with Crippen molar-refractivity contribution >= 4 is 5.97 Å². The highest BCUT2D eigenvalue weighted by atomic mass is 16.6. The summed E-state index contributed by atoms with van der Waals surface area (Å²) in [5.41, 5.74) is 0.392. The van der Waals surface area contributed by atoms with Crippen LogP contribution in [0.4, 0.5) is 0 Å². The van der Waals surface area contributed by atoms with Gasteiger partial charge in [0.2, 0.25) is 0 Å². The number of carbonyl (C=O) groups is 1. The first-order chi connectivity index (χ1) is 7.74. The van der Waals surface area contributed by atoms with Crippen molar-refractivity contribution in [3.05, 3.63) is 23.8 Å². The van der Waals surface area contributed by atoms with E-state index in [1.165, 1.54) is 7.11 Å². The van der Waals surface area contributed by atoms with E-state index in [0.717, 1.165) is 0 Å². The van der Waals surface area contributed by atoms with Crippen LogP contribution in [0.15, 0.2) is 18.2 Å². The van der Waals surface area contributed by atoms with Crippen LogP contribution in [-0.4, -0.2) is 37.5 Å². The van der Waals surface area contributed by atoms with E-state index in [4.69, 9.17) is 14.6 Å². The highest BCUT2D eigenvalue weighted by Crippen LogP contribution is 2.32. The van der Waals surface area contributed by atoms with Crippen molar-refractivity contribution in [1.29, 1.82) is 0 Å². The molecule has 1 N–H and O–H groups in total. The average molecular weight is 224 g/mol. The highest BCUT2D eigenvalue weighted by Gasteiger charge is 2.21. The zero-order chi connectivity index (χ0) is 11.5. The zero-order valence-corrected chi connectivity index (χ0v) is 8.80. The number of aliphatic hydroxyl groups is 1. The van der Waals surface area contributed by atoms with E-state index < -0.39 is 5.97 Å². The maximum Gasteiger partial charge on any atom is 0.337 e. The van der Waals surface area contributed by atoms with Gasteiger partial charge in [-0.25, -0.2) is 4.79 Å². The van der Waals surface area contributed by atoms with Crippen LogP contribution in [0.5, 0.6) is 11.5 Å². The van der Waals surface area contributed by atoms with Gasteiger partial charge in [0, 0.05) is 0 Å². The number of hydrogen-bond acceptors (Lipinski definition) is 5. The fourth-order valence-corrected chi connectivity index (χ4v) is 1.45. The molecule has 1 aliphatic rings. The molecule has 0 unspecified atom stereocenters. The standard InChI is InChI=1S/C11H12O5/c1-14-11(13)7-2-3-9-10(4-7)16-8(5-12)6-15-9/h2-4,8,12H,5-6H2,1H3/t8-/m0/s1. The number of carbonyl (C=O) groups excluding carboxylic acids is 1. The fraction of sp³-hybridized carbons (Fsp3) is 0.364. The van der Waals surface area contributed by atoms with Gasteiger partial charge in [-0.05, 0) is 18.2 Å². The van der Waals surface area contributed by atoms with Crippen molar-refractivity contribution in [2.45, 2.75) is 6.10 Å². The topological polar surface area (TPSA) is 65.0 Å². The third-order valence-corrected chi connectivity index (χ3v) is 2.29. The predicted molar refractivity (Wildman–Crippen MR) is 54.8 cm³/mol. The van der Waals surface area contributed by atoms with Crippen LogP contribution >= 0.6 is 0 Å². The molecule has 0 bridgehead atoms. The Kier molecular flexibility index (Phi) is 2.96. The van der Waals surface area contributed by atoms with E-state index in [-0.39, 0.29) is 12.7 Å². The van der Waals surface area contributed by atoms with E-state index in [2.05, 4.69) is 4.74 Å². The van der Waals surface area contributed by atoms with Gasteiger partial charge in [-0.2, -0.15) is 0 Å². The molecule has 0 radical (unpaired) electrons. The zero-order valence-electron chi connectivity index (χ0n) is 8.80. The van der Waals surface area contributed by atoms with Crippen LogP contribution in [0.3, 0.4) is 0 Å². The number of methoxy groups -OCH3 is 1. The minimum absolute atomic E-state index is 0.123. The second kappa shape index (κ2) is 4.40. The van der Waals surface area contributed by atoms with E-state index in [0.29, 0.717) is 23.7 Å². The quantitative estimate of drug-likeness (QED) is 0.745. The van der Waals surface area contributed by atoms with Gasteiger partial charge >= 0.3 is 5.97 Å². The number of hydrogen-bond donors (Lipinski definition) is 1. The Morgan fingerprint density at radius 1 is 1.56 bits per heavy atom. The average Bonchev–Trinajstić information content (AvgIpc) is 2.36. The van der Waals surface area contributed by atoms with Crippen molar-refractivity contribution in [3.8, 4) is 11.5 Å². The summed E-state index contributed by atoms with van der Waals surface area (Å²) in [4.78, 5) is 11.3. The Hall–Kier alpha value is -1.75. The first-order valence-corrected chi connectivity index (χ1v) is 4.87. The Bertz CT molecular complexity index is 401. The van der Waals surface area contributed by atoms with Gasteiger partial charge in [0.05, 0.1) is 19.3 Å². The first-order valence-electron chi connectivity index (χ1n) is 4.87. The minimum atomic E-state index is -0.433. The molecule has 0 saturated heterocycles. The molecule has 0 fully saturated rings. The summed E-state index contributed by atoms with van der Waals surface area (Å²) >= 11 is 0. The van der Waals surface area contributed by atoms with Crippen LogP contribution in [0.2, 0.25) is 0 Å². The molecule has 0 aromatic heterocycles. The molecule has 0 amide bonds. The van der Waals surface area contributed by atoms with Crippen LogP contribution in [0.25, 0.3) is 0 Å². The molecule has 0 saturated carbocycles. The van der Waals surface area contributed by atoms with E-state index in [9.17, 15) is 4.79 Å². The Morgan fingerprint density at radius 3 is 3.06 bits per heavy atom. The van der Waals surface area contributed by atoms with Gasteiger partial charge in [-0.15, -0.1) is 0 Å². The van der Waals surface area contributed by atoms with E-state index in [1.54, 1.807) is 18.2 Å². The van der Waals surface area contributed by atoms with Crippen molar-refractivity contribution < 1.29 is 24.1 Å². The summed E-state index contributed by atoms with van der Waals surface area (Å²) in [6.07, 6.45) is -0.389. The second-order valence-corrected chi connectivity index (χ2v) is 3.39. The van der Waals surface area contributed by atoms with E-state index >= 15 is 0 Å². The summed E-state index contributed by atoms with van der Waals surface area (Å²) in [6, 6.07) is 4.80. The van der Waals surface area contributed by atoms with Gasteiger partial charge in [-0.1, -0.05) is 0 Å². The molecule has 16 heavy (non-hydrogen) atoms. The van der Waals surface area contributed by atoms with Gasteiger partial charge < -0.3 is 19.3 Å². The molecule has 1 heterocycles. The molecule has 2 rings (SSSR count). The van der Waals surface area contributed by atoms with Crippen LogP contribution in [0.1, 0.15) is 10.4 Å². The van der Waals surface area contributed by atoms with Crippen LogP contribution < -0.4 is 9.47 Å². The fourth-order valence-electron chi connectivity index (χ4n) is 1.45. The summed E-state index contributed by atoms with van der Waals surface area (Å²) in [5, 5.41) is 8.94. The lowest BCUT2D eigenvalue weighted by molar-refractivity contribution is 0.0450. The minimum Gasteiger partial charge on any atom is -0.486 e. The van der Waals surface area contributed by atoms with E-state index in [1.807, 2.05) is 0 Å². The lowest BCUT2D eigenvalue weighted by atomic mass is 10.2. The molecule has 1 aromatic carbocycles. The number of aliphatic hydroxyl groups excluding tert-OH is 1. The van der Waals surface area contributed by atoms with Crippen LogP contribution in [0, 0.1) is 0 Å². The summed E-state index contributed by atoms with van der Waals surface area (Å²) < 4.78 is 15.4. The van der Waals surface area contributed by atoms with Gasteiger partial charge in [0.25, 0.3) is 0 Å². The van der Waals surface area contributed by atoms with Gasteiger partial charge in [0.15, 0.2) is 17.6 Å².